The molecule has 2 aliphatic rings. The van der Waals surface area contributed by atoms with Crippen LogP contribution in [0.5, 0.6) is 0 Å². The molecule has 4 rings (SSSR count). The van der Waals surface area contributed by atoms with Gasteiger partial charge in [0.25, 0.3) is 5.91 Å². The molecule has 2 aromatic carbocycles. The van der Waals surface area contributed by atoms with Gasteiger partial charge in [0.15, 0.2) is 0 Å². The first-order valence-corrected chi connectivity index (χ1v) is 10.6. The van der Waals surface area contributed by atoms with Gasteiger partial charge in [0, 0.05) is 44.8 Å². The van der Waals surface area contributed by atoms with Crippen LogP contribution in [0.2, 0.25) is 0 Å². The van der Waals surface area contributed by atoms with Crippen LogP contribution < -0.4 is 0 Å². The second-order valence-corrected chi connectivity index (χ2v) is 7.87. The van der Waals surface area contributed by atoms with Crippen LogP contribution in [0, 0.1) is 11.3 Å². The first-order chi connectivity index (χ1) is 15.2. The highest BCUT2D eigenvalue weighted by molar-refractivity contribution is 5.98. The van der Waals surface area contributed by atoms with Crippen LogP contribution >= 0.6 is 0 Å². The van der Waals surface area contributed by atoms with E-state index in [-0.39, 0.29) is 11.8 Å². The number of nitriles is 1. The summed E-state index contributed by atoms with van der Waals surface area (Å²) >= 11 is 0. The first kappa shape index (κ1) is 21.0. The molecule has 0 saturated carbocycles. The topological polar surface area (TPSA) is 76.9 Å². The Morgan fingerprint density at radius 3 is 2.52 bits per heavy atom. The van der Waals surface area contributed by atoms with Crippen LogP contribution in [-0.2, 0) is 16.1 Å². The zero-order valence-corrected chi connectivity index (χ0v) is 17.4. The number of ether oxygens (including phenoxy) is 1. The largest absolute Gasteiger partial charge is 0.378 e. The summed E-state index contributed by atoms with van der Waals surface area (Å²) in [6, 6.07) is 18.3. The number of carbonyl (C=O) groups is 2. The van der Waals surface area contributed by atoms with Gasteiger partial charge in [-0.1, -0.05) is 36.4 Å². The lowest BCUT2D eigenvalue weighted by Gasteiger charge is -2.43. The van der Waals surface area contributed by atoms with Crippen LogP contribution in [0.1, 0.15) is 21.5 Å². The number of amides is 2. The maximum Gasteiger partial charge on any atom is 0.254 e. The minimum absolute atomic E-state index is 0.0363. The number of morpholine rings is 1. The van der Waals surface area contributed by atoms with Crippen molar-refractivity contribution in [2.45, 2.75) is 12.6 Å². The molecule has 2 amide bonds. The van der Waals surface area contributed by atoms with Gasteiger partial charge in [0.05, 0.1) is 24.8 Å². The minimum Gasteiger partial charge on any atom is -0.378 e. The molecule has 0 N–H and O–H groups in total. The number of piperazine rings is 1. The summed E-state index contributed by atoms with van der Waals surface area (Å²) in [7, 11) is 0. The van der Waals surface area contributed by atoms with Gasteiger partial charge in [-0.05, 0) is 23.8 Å². The molecule has 0 aliphatic carbocycles. The zero-order valence-electron chi connectivity index (χ0n) is 17.4. The lowest BCUT2D eigenvalue weighted by Crippen LogP contribution is -2.61. The lowest BCUT2D eigenvalue weighted by molar-refractivity contribution is -0.142. The molecule has 2 aliphatic heterocycles. The predicted molar refractivity (Wildman–Crippen MR) is 115 cm³/mol. The van der Waals surface area contributed by atoms with E-state index in [4.69, 9.17) is 4.74 Å². The van der Waals surface area contributed by atoms with E-state index in [1.165, 1.54) is 5.56 Å². The van der Waals surface area contributed by atoms with Gasteiger partial charge in [-0.15, -0.1) is 0 Å². The van der Waals surface area contributed by atoms with Crippen molar-refractivity contribution in [3.8, 4) is 6.07 Å². The quantitative estimate of drug-likeness (QED) is 0.756. The fourth-order valence-corrected chi connectivity index (χ4v) is 4.16. The Hall–Kier alpha value is -3.21. The zero-order chi connectivity index (χ0) is 21.6. The second-order valence-electron chi connectivity index (χ2n) is 7.87. The summed E-state index contributed by atoms with van der Waals surface area (Å²) in [5.74, 6) is -0.242. The second kappa shape index (κ2) is 9.73. The maximum absolute atomic E-state index is 13.4. The van der Waals surface area contributed by atoms with Crippen molar-refractivity contribution in [3.05, 3.63) is 71.3 Å². The summed E-state index contributed by atoms with van der Waals surface area (Å²) in [5.41, 5.74) is 2.06. The van der Waals surface area contributed by atoms with Crippen LogP contribution in [0.3, 0.4) is 0 Å². The van der Waals surface area contributed by atoms with E-state index in [1.54, 1.807) is 34.1 Å². The molecule has 0 radical (unpaired) electrons. The molecule has 160 valence electrons. The molecule has 1 unspecified atom stereocenters. The van der Waals surface area contributed by atoms with Gasteiger partial charge < -0.3 is 14.5 Å². The third-order valence-corrected chi connectivity index (χ3v) is 5.82. The van der Waals surface area contributed by atoms with E-state index in [0.717, 1.165) is 6.54 Å². The first-order valence-electron chi connectivity index (χ1n) is 10.6. The Kier molecular flexibility index (Phi) is 6.60. The molecular weight excluding hydrogens is 392 g/mol. The fourth-order valence-electron chi connectivity index (χ4n) is 4.16. The molecular formula is C24H26N4O3. The highest BCUT2D eigenvalue weighted by Crippen LogP contribution is 2.19. The molecule has 31 heavy (non-hydrogen) atoms. The van der Waals surface area contributed by atoms with Gasteiger partial charge in [-0.25, -0.2) is 0 Å². The molecule has 2 saturated heterocycles. The van der Waals surface area contributed by atoms with Gasteiger partial charge in [-0.2, -0.15) is 5.26 Å². The van der Waals surface area contributed by atoms with Gasteiger partial charge >= 0.3 is 0 Å². The Morgan fingerprint density at radius 2 is 1.77 bits per heavy atom. The van der Waals surface area contributed by atoms with Crippen LogP contribution in [-0.4, -0.2) is 78.5 Å². The van der Waals surface area contributed by atoms with Crippen molar-refractivity contribution in [1.82, 2.24) is 14.7 Å². The van der Waals surface area contributed by atoms with Gasteiger partial charge in [0.1, 0.15) is 6.04 Å². The summed E-state index contributed by atoms with van der Waals surface area (Å²) in [6.45, 7) is 4.48. The maximum atomic E-state index is 13.4. The number of carbonyl (C=O) groups excluding carboxylic acids is 2. The fraction of sp³-hybridized carbons (Fsp3) is 0.375. The van der Waals surface area contributed by atoms with E-state index in [9.17, 15) is 14.9 Å². The average molecular weight is 418 g/mol. The summed E-state index contributed by atoms with van der Waals surface area (Å²) in [6.07, 6.45) is 0. The predicted octanol–water partition coefficient (Wildman–Crippen LogP) is 1.74. The highest BCUT2D eigenvalue weighted by atomic mass is 16.5. The summed E-state index contributed by atoms with van der Waals surface area (Å²) in [4.78, 5) is 32.5. The van der Waals surface area contributed by atoms with Crippen LogP contribution in [0.25, 0.3) is 0 Å². The van der Waals surface area contributed by atoms with Crippen LogP contribution in [0.15, 0.2) is 54.6 Å². The van der Waals surface area contributed by atoms with Crippen molar-refractivity contribution in [2.24, 2.45) is 0 Å². The van der Waals surface area contributed by atoms with E-state index in [0.29, 0.717) is 57.1 Å². The molecule has 2 aromatic rings. The highest BCUT2D eigenvalue weighted by Gasteiger charge is 2.38. The summed E-state index contributed by atoms with van der Waals surface area (Å²) < 4.78 is 5.39. The standard InChI is InChI=1S/C24H26N4O3/c25-16-20-7-4-8-21(15-20)23(29)28-10-9-26(17-19-5-2-1-3-6-19)18-22(28)24(30)27-11-13-31-14-12-27/h1-8,15,22H,9-14,17-18H2. The minimum atomic E-state index is -0.561. The number of nitrogens with zero attached hydrogens (tertiary/aromatic N) is 4. The monoisotopic (exact) mass is 418 g/mol. The van der Waals surface area contributed by atoms with E-state index in [1.807, 2.05) is 18.2 Å². The molecule has 7 heteroatoms. The molecule has 0 aromatic heterocycles. The van der Waals surface area contributed by atoms with Crippen molar-refractivity contribution in [2.75, 3.05) is 45.9 Å². The summed E-state index contributed by atoms with van der Waals surface area (Å²) in [5, 5.41) is 9.19. The normalized spacial score (nSPS) is 19.6. The molecule has 0 bridgehead atoms. The lowest BCUT2D eigenvalue weighted by atomic mass is 10.0. The molecule has 1 atom stereocenters. The van der Waals surface area contributed by atoms with Crippen molar-refractivity contribution >= 4 is 11.8 Å². The van der Waals surface area contributed by atoms with Crippen LogP contribution in [0.4, 0.5) is 0 Å². The Bertz CT molecular complexity index is 966. The SMILES string of the molecule is N#Cc1cccc(C(=O)N2CCN(Cc3ccccc3)CC2C(=O)N2CCOCC2)c1. The Morgan fingerprint density at radius 1 is 1.00 bits per heavy atom. The third-order valence-electron chi connectivity index (χ3n) is 5.82. The molecule has 2 fully saturated rings. The van der Waals surface area contributed by atoms with E-state index in [2.05, 4.69) is 23.1 Å². The third kappa shape index (κ3) is 4.93. The van der Waals surface area contributed by atoms with Crippen molar-refractivity contribution in [1.29, 1.82) is 5.26 Å². The number of benzene rings is 2. The molecule has 7 nitrogen and oxygen atoms in total. The smallest absolute Gasteiger partial charge is 0.254 e. The van der Waals surface area contributed by atoms with Gasteiger partial charge in [0.2, 0.25) is 5.91 Å². The Labute approximate surface area is 182 Å². The average Bonchev–Trinajstić information content (AvgIpc) is 2.84. The van der Waals surface area contributed by atoms with Crippen molar-refractivity contribution < 1.29 is 14.3 Å². The number of hydrogen-bond donors (Lipinski definition) is 0. The Balaban J connectivity index is 1.56. The number of rotatable bonds is 4. The molecule has 0 spiro atoms. The number of hydrogen-bond acceptors (Lipinski definition) is 5. The van der Waals surface area contributed by atoms with E-state index >= 15 is 0 Å². The molecule has 2 heterocycles. The van der Waals surface area contributed by atoms with Crippen molar-refractivity contribution in [3.63, 3.8) is 0 Å². The van der Waals surface area contributed by atoms with Gasteiger partial charge in [-0.3, -0.25) is 14.5 Å². The van der Waals surface area contributed by atoms with E-state index < -0.39 is 6.04 Å².